The van der Waals surface area contributed by atoms with Gasteiger partial charge in [0.1, 0.15) is 0 Å². The lowest BCUT2D eigenvalue weighted by molar-refractivity contribution is -0.138. The number of amides is 2. The lowest BCUT2D eigenvalue weighted by atomic mass is 9.97. The van der Waals surface area contributed by atoms with Gasteiger partial charge in [0.25, 0.3) is 0 Å². The van der Waals surface area contributed by atoms with Gasteiger partial charge in [-0.25, -0.2) is 0 Å². The maximum atomic E-state index is 12.6. The highest BCUT2D eigenvalue weighted by molar-refractivity contribution is 7.07. The van der Waals surface area contributed by atoms with Gasteiger partial charge in [-0.05, 0) is 41.7 Å². The van der Waals surface area contributed by atoms with Crippen LogP contribution >= 0.6 is 11.3 Å². The van der Waals surface area contributed by atoms with E-state index >= 15 is 0 Å². The van der Waals surface area contributed by atoms with Crippen LogP contribution in [-0.2, 0) is 9.59 Å². The fraction of sp³-hybridized carbons (Fsp3) is 0.571. The predicted octanol–water partition coefficient (Wildman–Crippen LogP) is 1.94. The summed E-state index contributed by atoms with van der Waals surface area (Å²) in [4.78, 5) is 25.8. The molecule has 4 nitrogen and oxygen atoms in total. The normalized spacial score (nSPS) is 27.4. The first-order chi connectivity index (χ1) is 9.25. The Kier molecular flexibility index (Phi) is 3.55. The minimum Gasteiger partial charge on any atom is -0.355 e. The van der Waals surface area contributed by atoms with E-state index in [1.807, 2.05) is 4.90 Å². The summed E-state index contributed by atoms with van der Waals surface area (Å²) in [5.74, 6) is 0.255. The highest BCUT2D eigenvalue weighted by atomic mass is 32.1. The van der Waals surface area contributed by atoms with Crippen LogP contribution in [0.4, 0.5) is 0 Å². The Hall–Kier alpha value is -1.36. The van der Waals surface area contributed by atoms with Crippen molar-refractivity contribution in [2.24, 2.45) is 5.92 Å². The van der Waals surface area contributed by atoms with Gasteiger partial charge in [0, 0.05) is 19.5 Å². The zero-order valence-electron chi connectivity index (χ0n) is 10.8. The molecule has 1 N–H and O–H groups in total. The van der Waals surface area contributed by atoms with Gasteiger partial charge < -0.3 is 10.2 Å². The molecule has 1 aromatic rings. The van der Waals surface area contributed by atoms with Crippen LogP contribution in [-0.4, -0.2) is 29.8 Å². The molecule has 0 aromatic carbocycles. The molecule has 2 aliphatic heterocycles. The van der Waals surface area contributed by atoms with E-state index in [0.717, 1.165) is 19.4 Å². The molecule has 0 unspecified atom stereocenters. The van der Waals surface area contributed by atoms with Crippen molar-refractivity contribution < 1.29 is 9.59 Å². The van der Waals surface area contributed by atoms with Crippen molar-refractivity contribution in [2.45, 2.75) is 31.7 Å². The first kappa shape index (κ1) is 12.7. The van der Waals surface area contributed by atoms with Gasteiger partial charge in [-0.15, -0.1) is 0 Å². The largest absolute Gasteiger partial charge is 0.355 e. The molecule has 0 aliphatic carbocycles. The molecule has 2 fully saturated rings. The third-order valence-corrected chi connectivity index (χ3v) is 4.78. The summed E-state index contributed by atoms with van der Waals surface area (Å²) in [7, 11) is 0. The van der Waals surface area contributed by atoms with Crippen molar-refractivity contribution in [3.63, 3.8) is 0 Å². The highest BCUT2D eigenvalue weighted by Crippen LogP contribution is 2.34. The summed E-state index contributed by atoms with van der Waals surface area (Å²) in [6.07, 6.45) is 3.30. The average Bonchev–Trinajstić information content (AvgIpc) is 3.09. The van der Waals surface area contributed by atoms with Crippen molar-refractivity contribution in [3.8, 4) is 0 Å². The maximum Gasteiger partial charge on any atom is 0.227 e. The van der Waals surface area contributed by atoms with E-state index in [4.69, 9.17) is 0 Å². The maximum absolute atomic E-state index is 12.6. The highest BCUT2D eigenvalue weighted by Gasteiger charge is 2.35. The minimum atomic E-state index is -0.0306. The Morgan fingerprint density at radius 1 is 1.42 bits per heavy atom. The number of hydrogen-bond acceptors (Lipinski definition) is 3. The molecule has 2 saturated heterocycles. The van der Waals surface area contributed by atoms with Crippen LogP contribution in [0.1, 0.15) is 37.3 Å². The van der Waals surface area contributed by atoms with Crippen molar-refractivity contribution in [1.82, 2.24) is 10.2 Å². The summed E-state index contributed by atoms with van der Waals surface area (Å²) in [6.45, 7) is 1.36. The van der Waals surface area contributed by atoms with Gasteiger partial charge in [-0.1, -0.05) is 0 Å². The van der Waals surface area contributed by atoms with E-state index in [9.17, 15) is 9.59 Å². The van der Waals surface area contributed by atoms with E-state index in [1.54, 1.807) is 11.3 Å². The Labute approximate surface area is 116 Å². The summed E-state index contributed by atoms with van der Waals surface area (Å²) in [6, 6.07) is 2.36. The van der Waals surface area contributed by atoms with Gasteiger partial charge >= 0.3 is 0 Å². The Balaban J connectivity index is 1.70. The van der Waals surface area contributed by atoms with E-state index < -0.39 is 0 Å². The SMILES string of the molecule is O=C1CC[C@H](C(=O)N2CCC[C@H]2c2ccsc2)CN1. The van der Waals surface area contributed by atoms with Crippen molar-refractivity contribution >= 4 is 23.2 Å². The summed E-state index contributed by atoms with van der Waals surface area (Å²) in [5, 5.41) is 7.01. The zero-order valence-corrected chi connectivity index (χ0v) is 11.6. The van der Waals surface area contributed by atoms with Gasteiger partial charge in [0.15, 0.2) is 0 Å². The number of carbonyl (C=O) groups is 2. The van der Waals surface area contributed by atoms with E-state index in [0.29, 0.717) is 19.4 Å². The Bertz CT molecular complexity index is 462. The summed E-state index contributed by atoms with van der Waals surface area (Å²) in [5.41, 5.74) is 1.26. The number of piperidine rings is 1. The number of carbonyl (C=O) groups excluding carboxylic acids is 2. The fourth-order valence-corrected chi connectivity index (χ4v) is 3.73. The molecule has 2 amide bonds. The Morgan fingerprint density at radius 3 is 3.00 bits per heavy atom. The zero-order chi connectivity index (χ0) is 13.2. The number of likely N-dealkylation sites (tertiary alicyclic amines) is 1. The van der Waals surface area contributed by atoms with E-state index in [-0.39, 0.29) is 23.8 Å². The topological polar surface area (TPSA) is 49.4 Å². The van der Waals surface area contributed by atoms with Crippen LogP contribution in [0.15, 0.2) is 16.8 Å². The van der Waals surface area contributed by atoms with Crippen LogP contribution in [0.5, 0.6) is 0 Å². The number of nitrogens with zero attached hydrogens (tertiary/aromatic N) is 1. The molecule has 0 radical (unpaired) electrons. The molecule has 0 bridgehead atoms. The van der Waals surface area contributed by atoms with Crippen LogP contribution in [0.3, 0.4) is 0 Å². The van der Waals surface area contributed by atoms with Gasteiger partial charge in [0.2, 0.25) is 11.8 Å². The van der Waals surface area contributed by atoms with Crippen molar-refractivity contribution in [2.75, 3.05) is 13.1 Å². The molecule has 0 saturated carbocycles. The minimum absolute atomic E-state index is 0.0306. The molecule has 1 aromatic heterocycles. The first-order valence-electron chi connectivity index (χ1n) is 6.85. The second kappa shape index (κ2) is 5.33. The molecular weight excluding hydrogens is 260 g/mol. The third-order valence-electron chi connectivity index (χ3n) is 4.08. The van der Waals surface area contributed by atoms with Crippen molar-refractivity contribution in [3.05, 3.63) is 22.4 Å². The molecule has 2 aliphatic rings. The van der Waals surface area contributed by atoms with Crippen LogP contribution in [0.25, 0.3) is 0 Å². The number of thiophene rings is 1. The molecule has 5 heteroatoms. The Morgan fingerprint density at radius 2 is 2.32 bits per heavy atom. The smallest absolute Gasteiger partial charge is 0.227 e. The molecule has 3 rings (SSSR count). The lowest BCUT2D eigenvalue weighted by Gasteiger charge is -2.30. The monoisotopic (exact) mass is 278 g/mol. The van der Waals surface area contributed by atoms with Crippen molar-refractivity contribution in [1.29, 1.82) is 0 Å². The van der Waals surface area contributed by atoms with E-state index in [2.05, 4.69) is 22.1 Å². The van der Waals surface area contributed by atoms with Gasteiger partial charge in [-0.3, -0.25) is 9.59 Å². The third kappa shape index (κ3) is 2.52. The standard InChI is InChI=1S/C14H18N2O2S/c17-13-4-3-10(8-15-13)14(18)16-6-1-2-12(16)11-5-7-19-9-11/h5,7,9-10,12H,1-4,6,8H2,(H,15,17)/t10-,12-/m0/s1. The predicted molar refractivity (Wildman–Crippen MR) is 73.7 cm³/mol. The summed E-state index contributed by atoms with van der Waals surface area (Å²) >= 11 is 1.68. The second-order valence-electron chi connectivity index (χ2n) is 5.29. The van der Waals surface area contributed by atoms with Crippen LogP contribution < -0.4 is 5.32 Å². The fourth-order valence-electron chi connectivity index (χ4n) is 3.02. The molecule has 102 valence electrons. The molecular formula is C14H18N2O2S. The summed E-state index contributed by atoms with van der Waals surface area (Å²) < 4.78 is 0. The number of hydrogen-bond donors (Lipinski definition) is 1. The van der Waals surface area contributed by atoms with Crippen LogP contribution in [0, 0.1) is 5.92 Å². The van der Waals surface area contributed by atoms with Gasteiger partial charge in [0.05, 0.1) is 12.0 Å². The molecule has 2 atom stereocenters. The quantitative estimate of drug-likeness (QED) is 0.898. The number of rotatable bonds is 2. The van der Waals surface area contributed by atoms with Gasteiger partial charge in [-0.2, -0.15) is 11.3 Å². The molecule has 3 heterocycles. The second-order valence-corrected chi connectivity index (χ2v) is 6.07. The number of nitrogens with one attached hydrogen (secondary N) is 1. The molecule has 0 spiro atoms. The lowest BCUT2D eigenvalue weighted by Crippen LogP contribution is -2.44. The van der Waals surface area contributed by atoms with Crippen LogP contribution in [0.2, 0.25) is 0 Å². The molecule has 19 heavy (non-hydrogen) atoms. The first-order valence-corrected chi connectivity index (χ1v) is 7.79. The van der Waals surface area contributed by atoms with E-state index in [1.165, 1.54) is 5.56 Å². The average molecular weight is 278 g/mol.